The number of hydrogen-bond donors (Lipinski definition) is 1. The number of amides is 2. The summed E-state index contributed by atoms with van der Waals surface area (Å²) in [5, 5.41) is 3.69. The molecule has 0 saturated carbocycles. The van der Waals surface area contributed by atoms with Crippen LogP contribution in [-0.2, 0) is 16.0 Å². The number of halogens is 1. The molecule has 3 aromatic rings. The van der Waals surface area contributed by atoms with Gasteiger partial charge in [-0.15, -0.1) is 0 Å². The van der Waals surface area contributed by atoms with E-state index in [1.165, 1.54) is 11.3 Å². The van der Waals surface area contributed by atoms with Gasteiger partial charge in [0.1, 0.15) is 6.04 Å². The van der Waals surface area contributed by atoms with E-state index in [2.05, 4.69) is 28.4 Å². The van der Waals surface area contributed by atoms with E-state index in [9.17, 15) is 9.59 Å². The fourth-order valence-corrected chi connectivity index (χ4v) is 5.03. The number of carbonyl (C=O) groups is 2. The van der Waals surface area contributed by atoms with E-state index < -0.39 is 11.6 Å². The van der Waals surface area contributed by atoms with Crippen LogP contribution in [-0.4, -0.2) is 30.4 Å². The summed E-state index contributed by atoms with van der Waals surface area (Å²) in [5.74, 6) is -0.322. The van der Waals surface area contributed by atoms with Gasteiger partial charge in [-0.25, -0.2) is 0 Å². The first-order valence-corrected chi connectivity index (χ1v) is 13.2. The topological polar surface area (TPSA) is 52.7 Å². The number of anilines is 2. The zero-order chi connectivity index (χ0) is 26.7. The Morgan fingerprint density at radius 2 is 1.70 bits per heavy atom. The summed E-state index contributed by atoms with van der Waals surface area (Å²) in [6.45, 7) is 11.3. The zero-order valence-corrected chi connectivity index (χ0v) is 23.1. The molecule has 4 rings (SSSR count). The van der Waals surface area contributed by atoms with Gasteiger partial charge < -0.3 is 10.2 Å². The Hall–Kier alpha value is -3.31. The summed E-state index contributed by atoms with van der Waals surface area (Å²) in [4.78, 5) is 31.9. The Labute approximate surface area is 225 Å². The van der Waals surface area contributed by atoms with Crippen LogP contribution in [0.15, 0.2) is 66.7 Å². The molecule has 1 heterocycles. The van der Waals surface area contributed by atoms with E-state index in [4.69, 9.17) is 11.6 Å². The summed E-state index contributed by atoms with van der Waals surface area (Å²) in [6.07, 6.45) is 1.26. The Bertz CT molecular complexity index is 1280. The van der Waals surface area contributed by atoms with Crippen LogP contribution < -0.4 is 15.1 Å². The zero-order valence-electron chi connectivity index (χ0n) is 22.3. The molecular weight excluding hydrogens is 482 g/mol. The highest BCUT2D eigenvalue weighted by atomic mass is 35.5. The lowest BCUT2D eigenvalue weighted by Gasteiger charge is -2.35. The number of para-hydroxylation sites is 1. The standard InChI is InChI=1S/C31H36ClN3O2/c1-21-9-8-12-26(22(21)2)35(28(36)18-20-34-19-17-23-10-6-7-11-27(23)34)29(30(37)33-31(3,4)5)24-13-15-25(32)16-14-24/h6-16,29H,17-20H2,1-5H3,(H,33,37). The number of hydrogen-bond acceptors (Lipinski definition) is 3. The normalized spacial score (nSPS) is 13.7. The summed E-state index contributed by atoms with van der Waals surface area (Å²) in [5.41, 5.74) is 5.54. The molecule has 3 aromatic carbocycles. The number of aryl methyl sites for hydroxylation is 1. The number of nitrogens with one attached hydrogen (secondary N) is 1. The second-order valence-corrected chi connectivity index (χ2v) is 11.2. The molecule has 0 aromatic heterocycles. The van der Waals surface area contributed by atoms with Crippen LogP contribution in [0.3, 0.4) is 0 Å². The Balaban J connectivity index is 1.73. The van der Waals surface area contributed by atoms with Crippen molar-refractivity contribution >= 4 is 34.8 Å². The highest BCUT2D eigenvalue weighted by Crippen LogP contribution is 2.34. The number of fused-ring (bicyclic) bond motifs is 1. The van der Waals surface area contributed by atoms with Crippen molar-refractivity contribution in [2.75, 3.05) is 22.9 Å². The van der Waals surface area contributed by atoms with Gasteiger partial charge in [-0.3, -0.25) is 14.5 Å². The lowest BCUT2D eigenvalue weighted by Crippen LogP contribution is -2.50. The number of rotatable bonds is 7. The second-order valence-electron chi connectivity index (χ2n) is 10.8. The summed E-state index contributed by atoms with van der Waals surface area (Å²) in [6, 6.07) is 20.6. The van der Waals surface area contributed by atoms with Gasteiger partial charge in [0.15, 0.2) is 0 Å². The predicted molar refractivity (Wildman–Crippen MR) is 152 cm³/mol. The van der Waals surface area contributed by atoms with Crippen LogP contribution >= 0.6 is 11.6 Å². The van der Waals surface area contributed by atoms with Gasteiger partial charge in [-0.2, -0.15) is 0 Å². The summed E-state index contributed by atoms with van der Waals surface area (Å²) in [7, 11) is 0. The van der Waals surface area contributed by atoms with Crippen molar-refractivity contribution in [3.63, 3.8) is 0 Å². The lowest BCUT2D eigenvalue weighted by atomic mass is 9.98. The molecule has 1 aliphatic heterocycles. The van der Waals surface area contributed by atoms with Gasteiger partial charge in [0.2, 0.25) is 11.8 Å². The number of nitrogens with zero attached hydrogens (tertiary/aromatic N) is 2. The van der Waals surface area contributed by atoms with Gasteiger partial charge in [-0.1, -0.05) is 54.1 Å². The smallest absolute Gasteiger partial charge is 0.248 e. The molecule has 1 unspecified atom stereocenters. The first kappa shape index (κ1) is 26.7. The van der Waals surface area contributed by atoms with Crippen molar-refractivity contribution in [3.05, 3.63) is 94.0 Å². The quantitative estimate of drug-likeness (QED) is 0.394. The highest BCUT2D eigenvalue weighted by Gasteiger charge is 2.35. The van der Waals surface area contributed by atoms with Crippen LogP contribution in [0.1, 0.15) is 55.5 Å². The number of carbonyl (C=O) groups excluding carboxylic acids is 2. The fourth-order valence-electron chi connectivity index (χ4n) is 4.90. The van der Waals surface area contributed by atoms with E-state index in [1.54, 1.807) is 17.0 Å². The lowest BCUT2D eigenvalue weighted by molar-refractivity contribution is -0.127. The molecule has 6 heteroatoms. The van der Waals surface area contributed by atoms with E-state index in [0.29, 0.717) is 17.1 Å². The maximum atomic E-state index is 14.1. The monoisotopic (exact) mass is 517 g/mol. The van der Waals surface area contributed by atoms with Crippen molar-refractivity contribution in [3.8, 4) is 0 Å². The van der Waals surface area contributed by atoms with Crippen molar-refractivity contribution in [1.82, 2.24) is 5.32 Å². The largest absolute Gasteiger partial charge is 0.370 e. The van der Waals surface area contributed by atoms with Gasteiger partial charge in [-0.05, 0) is 87.6 Å². The van der Waals surface area contributed by atoms with Crippen LogP contribution in [0, 0.1) is 13.8 Å². The Kier molecular flexibility index (Phi) is 7.93. The van der Waals surface area contributed by atoms with Crippen LogP contribution in [0.2, 0.25) is 5.02 Å². The summed E-state index contributed by atoms with van der Waals surface area (Å²) < 4.78 is 0. The summed E-state index contributed by atoms with van der Waals surface area (Å²) >= 11 is 6.18. The molecule has 0 radical (unpaired) electrons. The SMILES string of the molecule is Cc1cccc(N(C(=O)CCN2CCc3ccccc32)C(C(=O)NC(C)(C)C)c2ccc(Cl)cc2)c1C. The van der Waals surface area contributed by atoms with Gasteiger partial charge in [0.05, 0.1) is 0 Å². The van der Waals surface area contributed by atoms with Gasteiger partial charge >= 0.3 is 0 Å². The van der Waals surface area contributed by atoms with Gasteiger partial charge in [0.25, 0.3) is 0 Å². The van der Waals surface area contributed by atoms with Crippen LogP contribution in [0.5, 0.6) is 0 Å². The van der Waals surface area contributed by atoms with Crippen LogP contribution in [0.25, 0.3) is 0 Å². The van der Waals surface area contributed by atoms with Gasteiger partial charge in [0, 0.05) is 41.4 Å². The molecule has 0 aliphatic carbocycles. The first-order valence-electron chi connectivity index (χ1n) is 12.8. The molecule has 0 saturated heterocycles. The first-order chi connectivity index (χ1) is 17.5. The molecular formula is C31H36ClN3O2. The minimum atomic E-state index is -0.838. The molecule has 1 N–H and O–H groups in total. The van der Waals surface area contributed by atoms with Crippen molar-refractivity contribution in [2.24, 2.45) is 0 Å². The predicted octanol–water partition coefficient (Wildman–Crippen LogP) is 6.40. The maximum Gasteiger partial charge on any atom is 0.248 e. The maximum absolute atomic E-state index is 14.1. The van der Waals surface area contributed by atoms with E-state index in [-0.39, 0.29) is 18.2 Å². The average Bonchev–Trinajstić information content (AvgIpc) is 3.26. The third-order valence-corrected chi connectivity index (χ3v) is 7.13. The minimum absolute atomic E-state index is 0.0953. The average molecular weight is 518 g/mol. The Morgan fingerprint density at radius 3 is 2.41 bits per heavy atom. The van der Waals surface area contributed by atoms with Crippen molar-refractivity contribution in [1.29, 1.82) is 0 Å². The highest BCUT2D eigenvalue weighted by molar-refractivity contribution is 6.30. The van der Waals surface area contributed by atoms with E-state index >= 15 is 0 Å². The molecule has 1 aliphatic rings. The minimum Gasteiger partial charge on any atom is -0.370 e. The molecule has 0 bridgehead atoms. The molecule has 37 heavy (non-hydrogen) atoms. The van der Waals surface area contributed by atoms with Crippen LogP contribution in [0.4, 0.5) is 11.4 Å². The molecule has 194 valence electrons. The Morgan fingerprint density at radius 1 is 1.00 bits per heavy atom. The third kappa shape index (κ3) is 6.16. The molecule has 5 nitrogen and oxygen atoms in total. The fraction of sp³-hybridized carbons (Fsp3) is 0.355. The molecule has 0 spiro atoms. The molecule has 1 atom stereocenters. The molecule has 2 amide bonds. The van der Waals surface area contributed by atoms with E-state index in [0.717, 1.165) is 29.8 Å². The van der Waals surface area contributed by atoms with Crippen molar-refractivity contribution in [2.45, 2.75) is 59.0 Å². The second kappa shape index (κ2) is 11.0. The number of benzene rings is 3. The van der Waals surface area contributed by atoms with E-state index in [1.807, 2.05) is 71.0 Å². The third-order valence-electron chi connectivity index (χ3n) is 6.87. The molecule has 0 fully saturated rings. The van der Waals surface area contributed by atoms with Crippen molar-refractivity contribution < 1.29 is 9.59 Å².